The van der Waals surface area contributed by atoms with Gasteiger partial charge in [0.2, 0.25) is 0 Å². The Hall–Kier alpha value is -0.740. The van der Waals surface area contributed by atoms with Gasteiger partial charge in [0, 0.05) is 11.4 Å². The largest absolute Gasteiger partial charge is 0.464 e. The molecule has 0 saturated heterocycles. The van der Waals surface area contributed by atoms with Crippen LogP contribution in [0.1, 0.15) is 26.3 Å². The smallest absolute Gasteiger partial charge is 0.149 e. The van der Waals surface area contributed by atoms with Crippen molar-refractivity contribution in [1.82, 2.24) is 5.32 Å². The molecule has 0 aliphatic heterocycles. The summed E-state index contributed by atoms with van der Waals surface area (Å²) in [6.45, 7) is 6.15. The molecule has 1 aromatic heterocycles. The van der Waals surface area contributed by atoms with Crippen molar-refractivity contribution in [1.29, 1.82) is 0 Å². The van der Waals surface area contributed by atoms with Crippen LogP contribution in [-0.2, 0) is 5.60 Å². The van der Waals surface area contributed by atoms with Crippen LogP contribution in [0.3, 0.4) is 0 Å². The van der Waals surface area contributed by atoms with Gasteiger partial charge in [-0.05, 0) is 44.2 Å². The molecule has 1 heterocycles. The highest BCUT2D eigenvalue weighted by Gasteiger charge is 2.50. The second-order valence-electron chi connectivity index (χ2n) is 5.11. The van der Waals surface area contributed by atoms with E-state index < -0.39 is 9.93 Å². The molecule has 2 N–H and O–H groups in total. The molecular formula is C15H19Cl2NO2. The topological polar surface area (TPSA) is 45.4 Å². The first-order valence-electron chi connectivity index (χ1n) is 6.62. The average Bonchev–Trinajstić information content (AvgIpc) is 2.83. The molecule has 2 atom stereocenters. The van der Waals surface area contributed by atoms with E-state index in [1.165, 1.54) is 0 Å². The molecule has 0 fully saturated rings. The van der Waals surface area contributed by atoms with E-state index in [0.717, 1.165) is 11.0 Å². The van der Waals surface area contributed by atoms with Crippen LogP contribution >= 0.6 is 23.2 Å². The predicted molar refractivity (Wildman–Crippen MR) is 83.4 cm³/mol. The number of benzene rings is 1. The molecule has 0 bridgehead atoms. The minimum atomic E-state index is -1.42. The number of rotatable bonds is 5. The Labute approximate surface area is 128 Å². The van der Waals surface area contributed by atoms with Crippen LogP contribution in [-0.4, -0.2) is 22.0 Å². The van der Waals surface area contributed by atoms with Crippen molar-refractivity contribution >= 4 is 34.2 Å². The number of aliphatic hydroxyl groups is 1. The maximum Gasteiger partial charge on any atom is 0.149 e. The molecule has 0 amide bonds. The van der Waals surface area contributed by atoms with E-state index in [1.54, 1.807) is 19.3 Å². The summed E-state index contributed by atoms with van der Waals surface area (Å²) in [5, 5.41) is 15.3. The highest BCUT2D eigenvalue weighted by molar-refractivity contribution is 6.49. The van der Waals surface area contributed by atoms with Gasteiger partial charge in [-0.2, -0.15) is 0 Å². The number of nitrogens with one attached hydrogen (secondary N) is 1. The number of hydrogen-bond donors (Lipinski definition) is 2. The normalized spacial score (nSPS) is 17.1. The van der Waals surface area contributed by atoms with Gasteiger partial charge in [0.15, 0.2) is 0 Å². The average molecular weight is 316 g/mol. The molecule has 2 rings (SSSR count). The maximum absolute atomic E-state index is 11.2. The number of furan rings is 1. The third-order valence-electron chi connectivity index (χ3n) is 3.70. The predicted octanol–water partition coefficient (Wildman–Crippen LogP) is 3.81. The first kappa shape index (κ1) is 15.6. The van der Waals surface area contributed by atoms with Crippen LogP contribution in [0.5, 0.6) is 0 Å². The molecule has 0 spiro atoms. The van der Waals surface area contributed by atoms with Gasteiger partial charge < -0.3 is 14.8 Å². The third kappa shape index (κ3) is 2.56. The molecule has 3 nitrogen and oxygen atoms in total. The van der Waals surface area contributed by atoms with Crippen LogP contribution in [0.25, 0.3) is 11.0 Å². The van der Waals surface area contributed by atoms with E-state index >= 15 is 0 Å². The number of halogens is 2. The summed E-state index contributed by atoms with van der Waals surface area (Å²) in [6.07, 6.45) is 1.61. The van der Waals surface area contributed by atoms with E-state index in [-0.39, 0.29) is 6.04 Å². The number of fused-ring (bicyclic) bond motifs is 1. The number of hydrogen-bond acceptors (Lipinski definition) is 3. The van der Waals surface area contributed by atoms with Gasteiger partial charge in [-0.15, -0.1) is 0 Å². The maximum atomic E-state index is 11.2. The molecule has 0 aliphatic carbocycles. The Bertz CT molecular complexity index is 591. The Morgan fingerprint density at radius 1 is 1.35 bits per heavy atom. The number of likely N-dealkylation sites (N-methyl/N-ethyl adjacent to an activating group) is 1. The molecule has 20 heavy (non-hydrogen) atoms. The minimum absolute atomic E-state index is 0.308. The lowest BCUT2D eigenvalue weighted by molar-refractivity contribution is -0.00872. The van der Waals surface area contributed by atoms with Gasteiger partial charge in [0.25, 0.3) is 0 Å². The fraction of sp³-hybridized carbons (Fsp3) is 0.467. The summed E-state index contributed by atoms with van der Waals surface area (Å²) in [5.41, 5.74) is 0.00260. The van der Waals surface area contributed by atoms with E-state index in [1.807, 2.05) is 32.0 Å². The number of alkyl halides is 2. The van der Waals surface area contributed by atoms with Crippen LogP contribution in [0.15, 0.2) is 34.9 Å². The van der Waals surface area contributed by atoms with Crippen LogP contribution in [0.2, 0.25) is 0 Å². The second-order valence-corrected chi connectivity index (χ2v) is 6.81. The standard InChI is InChI=1S/C15H19Cl2NO2/c1-4-18-10(2)15(19,14(3,16)17)12-5-6-13-11(9-12)7-8-20-13/h5-10,18-19H,4H2,1-3H3. The van der Waals surface area contributed by atoms with Crippen molar-refractivity contribution in [3.63, 3.8) is 0 Å². The summed E-state index contributed by atoms with van der Waals surface area (Å²) in [6, 6.07) is 7.00. The zero-order valence-corrected chi connectivity index (χ0v) is 13.3. The molecule has 110 valence electrons. The molecular weight excluding hydrogens is 297 g/mol. The van der Waals surface area contributed by atoms with Gasteiger partial charge in [0.05, 0.1) is 6.26 Å². The zero-order valence-electron chi connectivity index (χ0n) is 11.8. The van der Waals surface area contributed by atoms with E-state index in [0.29, 0.717) is 12.1 Å². The molecule has 2 aromatic rings. The lowest BCUT2D eigenvalue weighted by atomic mass is 9.83. The van der Waals surface area contributed by atoms with Crippen molar-refractivity contribution in [2.24, 2.45) is 0 Å². The third-order valence-corrected chi connectivity index (χ3v) is 4.27. The molecule has 0 aliphatic rings. The van der Waals surface area contributed by atoms with Crippen molar-refractivity contribution in [3.05, 3.63) is 36.1 Å². The van der Waals surface area contributed by atoms with Crippen molar-refractivity contribution in [3.8, 4) is 0 Å². The Kier molecular flexibility index (Phi) is 4.35. The van der Waals surface area contributed by atoms with E-state index in [4.69, 9.17) is 27.6 Å². The Balaban J connectivity index is 2.55. The second kappa shape index (κ2) is 5.57. The van der Waals surface area contributed by atoms with Crippen molar-refractivity contribution in [2.45, 2.75) is 36.7 Å². The lowest BCUT2D eigenvalue weighted by Crippen LogP contribution is -2.55. The van der Waals surface area contributed by atoms with Crippen LogP contribution in [0.4, 0.5) is 0 Å². The Morgan fingerprint density at radius 2 is 2.05 bits per heavy atom. The van der Waals surface area contributed by atoms with E-state index in [9.17, 15) is 5.11 Å². The Morgan fingerprint density at radius 3 is 2.65 bits per heavy atom. The first-order valence-corrected chi connectivity index (χ1v) is 7.37. The molecule has 5 heteroatoms. The summed E-state index contributed by atoms with van der Waals surface area (Å²) < 4.78 is 3.97. The van der Waals surface area contributed by atoms with Crippen molar-refractivity contribution in [2.75, 3.05) is 6.54 Å². The molecule has 0 radical (unpaired) electrons. The molecule has 1 aromatic carbocycles. The quantitative estimate of drug-likeness (QED) is 0.825. The van der Waals surface area contributed by atoms with E-state index in [2.05, 4.69) is 5.32 Å². The highest BCUT2D eigenvalue weighted by Crippen LogP contribution is 2.44. The van der Waals surface area contributed by atoms with Gasteiger partial charge >= 0.3 is 0 Å². The molecule has 0 saturated carbocycles. The summed E-state index contributed by atoms with van der Waals surface area (Å²) in [7, 11) is 0. The fourth-order valence-corrected chi connectivity index (χ4v) is 3.09. The summed E-state index contributed by atoms with van der Waals surface area (Å²) >= 11 is 12.6. The summed E-state index contributed by atoms with van der Waals surface area (Å²) in [5.74, 6) is 0. The van der Waals surface area contributed by atoms with Gasteiger partial charge in [0.1, 0.15) is 15.5 Å². The minimum Gasteiger partial charge on any atom is -0.464 e. The van der Waals surface area contributed by atoms with Crippen LogP contribution in [0, 0.1) is 0 Å². The SMILES string of the molecule is CCNC(C)C(O)(c1ccc2occc2c1)C(C)(Cl)Cl. The lowest BCUT2D eigenvalue weighted by Gasteiger charge is -2.42. The molecule has 2 unspecified atom stereocenters. The van der Waals surface area contributed by atoms with Gasteiger partial charge in [-0.1, -0.05) is 36.2 Å². The fourth-order valence-electron chi connectivity index (χ4n) is 2.54. The van der Waals surface area contributed by atoms with Crippen molar-refractivity contribution < 1.29 is 9.52 Å². The monoisotopic (exact) mass is 315 g/mol. The highest BCUT2D eigenvalue weighted by atomic mass is 35.5. The zero-order chi connectivity index (χ0) is 15.0. The summed E-state index contributed by atoms with van der Waals surface area (Å²) in [4.78, 5) is 0. The first-order chi connectivity index (χ1) is 9.30. The van der Waals surface area contributed by atoms with Gasteiger partial charge in [-0.25, -0.2) is 0 Å². The van der Waals surface area contributed by atoms with Gasteiger partial charge in [-0.3, -0.25) is 0 Å². The van der Waals surface area contributed by atoms with Crippen LogP contribution < -0.4 is 5.32 Å².